The van der Waals surface area contributed by atoms with Gasteiger partial charge in [0.1, 0.15) is 11.4 Å². The van der Waals surface area contributed by atoms with Gasteiger partial charge in [-0.3, -0.25) is 9.69 Å². The van der Waals surface area contributed by atoms with Gasteiger partial charge in [0.05, 0.1) is 12.2 Å². The first-order chi connectivity index (χ1) is 14.8. The summed E-state index contributed by atoms with van der Waals surface area (Å²) in [5, 5.41) is 2.98. The van der Waals surface area contributed by atoms with Gasteiger partial charge in [-0.2, -0.15) is 13.2 Å². The van der Waals surface area contributed by atoms with E-state index in [9.17, 15) is 22.8 Å². The monoisotopic (exact) mass is 439 g/mol. The summed E-state index contributed by atoms with van der Waals surface area (Å²) >= 11 is 0. The van der Waals surface area contributed by atoms with E-state index in [-0.39, 0.29) is 18.6 Å². The van der Waals surface area contributed by atoms with Crippen LogP contribution in [0.3, 0.4) is 0 Å². The van der Waals surface area contributed by atoms with Crippen molar-refractivity contribution in [3.05, 3.63) is 23.9 Å². The molecule has 1 aromatic heterocycles. The van der Waals surface area contributed by atoms with Crippen LogP contribution in [0.4, 0.5) is 23.8 Å². The molecule has 1 N–H and O–H groups in total. The SMILES string of the molecule is O=C1NC2(CCCCCCC2)C(=O)N1CN1CCN(c2ccc(C(F)(F)F)cn2)CC1. The lowest BCUT2D eigenvalue weighted by molar-refractivity contribution is -0.138. The number of carbonyl (C=O) groups excluding carboxylic acids is 2. The Morgan fingerprint density at radius 2 is 1.61 bits per heavy atom. The van der Waals surface area contributed by atoms with Gasteiger partial charge < -0.3 is 10.2 Å². The first kappa shape index (κ1) is 21.9. The van der Waals surface area contributed by atoms with Gasteiger partial charge in [0.15, 0.2) is 0 Å². The number of halogens is 3. The second-order valence-electron chi connectivity index (χ2n) is 8.66. The zero-order valence-electron chi connectivity index (χ0n) is 17.5. The number of piperazine rings is 1. The summed E-state index contributed by atoms with van der Waals surface area (Å²) in [5.74, 6) is 0.377. The Morgan fingerprint density at radius 1 is 0.968 bits per heavy atom. The van der Waals surface area contributed by atoms with E-state index in [2.05, 4.69) is 10.3 Å². The van der Waals surface area contributed by atoms with E-state index in [0.29, 0.717) is 44.8 Å². The molecule has 3 heterocycles. The van der Waals surface area contributed by atoms with Crippen molar-refractivity contribution >= 4 is 17.8 Å². The molecule has 4 rings (SSSR count). The molecule has 0 unspecified atom stereocenters. The number of urea groups is 1. The lowest BCUT2D eigenvalue weighted by Crippen LogP contribution is -2.52. The minimum atomic E-state index is -4.40. The third-order valence-corrected chi connectivity index (χ3v) is 6.57. The van der Waals surface area contributed by atoms with Crippen molar-refractivity contribution in [1.82, 2.24) is 20.1 Å². The Kier molecular flexibility index (Phi) is 6.09. The van der Waals surface area contributed by atoms with Crippen LogP contribution in [-0.2, 0) is 11.0 Å². The van der Waals surface area contributed by atoms with Crippen LogP contribution in [0.25, 0.3) is 0 Å². The van der Waals surface area contributed by atoms with Crippen molar-refractivity contribution in [3.8, 4) is 0 Å². The predicted molar refractivity (Wildman–Crippen MR) is 108 cm³/mol. The van der Waals surface area contributed by atoms with E-state index in [0.717, 1.165) is 37.9 Å². The number of alkyl halides is 3. The molecule has 1 saturated carbocycles. The Labute approximate surface area is 179 Å². The van der Waals surface area contributed by atoms with E-state index in [1.54, 1.807) is 0 Å². The Hall–Kier alpha value is -2.36. The molecule has 3 amide bonds. The van der Waals surface area contributed by atoms with E-state index in [1.165, 1.54) is 17.4 Å². The molecular weight excluding hydrogens is 411 g/mol. The van der Waals surface area contributed by atoms with E-state index in [1.807, 2.05) is 9.80 Å². The highest BCUT2D eigenvalue weighted by Crippen LogP contribution is 2.32. The summed E-state index contributed by atoms with van der Waals surface area (Å²) in [7, 11) is 0. The molecule has 0 bridgehead atoms. The van der Waals surface area contributed by atoms with Gasteiger partial charge in [0.25, 0.3) is 5.91 Å². The number of hydrogen-bond acceptors (Lipinski definition) is 5. The van der Waals surface area contributed by atoms with Gasteiger partial charge >= 0.3 is 12.2 Å². The molecule has 0 radical (unpaired) electrons. The van der Waals surface area contributed by atoms with Crippen LogP contribution in [0, 0.1) is 0 Å². The minimum absolute atomic E-state index is 0.119. The molecule has 2 aliphatic heterocycles. The number of aromatic nitrogens is 1. The van der Waals surface area contributed by atoms with E-state index < -0.39 is 17.3 Å². The number of amides is 3. The van der Waals surface area contributed by atoms with Gasteiger partial charge in [0.2, 0.25) is 0 Å². The maximum absolute atomic E-state index is 13.1. The standard InChI is InChI=1S/C21H28F3N5O2/c22-21(23,24)16-6-7-17(25-14-16)28-12-10-27(11-13-28)15-29-18(30)20(26-19(29)31)8-4-2-1-3-5-9-20/h6-7,14H,1-5,8-13,15H2,(H,26,31). The number of hydrogen-bond donors (Lipinski definition) is 1. The smallest absolute Gasteiger partial charge is 0.354 e. The zero-order valence-corrected chi connectivity index (χ0v) is 17.5. The fourth-order valence-corrected chi connectivity index (χ4v) is 4.71. The minimum Gasteiger partial charge on any atom is -0.354 e. The van der Waals surface area contributed by atoms with Gasteiger partial charge in [-0.05, 0) is 25.0 Å². The molecule has 170 valence electrons. The van der Waals surface area contributed by atoms with Gasteiger partial charge in [0, 0.05) is 32.4 Å². The quantitative estimate of drug-likeness (QED) is 0.733. The highest BCUT2D eigenvalue weighted by molar-refractivity contribution is 6.07. The summed E-state index contributed by atoms with van der Waals surface area (Å²) in [4.78, 5) is 34.9. The molecule has 31 heavy (non-hydrogen) atoms. The second-order valence-corrected chi connectivity index (χ2v) is 8.66. The summed E-state index contributed by atoms with van der Waals surface area (Å²) in [6.45, 7) is 2.54. The van der Waals surface area contributed by atoms with Crippen molar-refractivity contribution in [1.29, 1.82) is 0 Å². The Bertz CT molecular complexity index is 798. The summed E-state index contributed by atoms with van der Waals surface area (Å²) < 4.78 is 38.2. The van der Waals surface area contributed by atoms with Crippen LogP contribution in [0.5, 0.6) is 0 Å². The molecule has 10 heteroatoms. The average Bonchev–Trinajstić information content (AvgIpc) is 2.96. The Balaban J connectivity index is 1.33. The lowest BCUT2D eigenvalue weighted by atomic mass is 9.84. The third-order valence-electron chi connectivity index (χ3n) is 6.57. The summed E-state index contributed by atoms with van der Waals surface area (Å²) in [6.07, 6.45) is 3.08. The molecule has 3 fully saturated rings. The fraction of sp³-hybridized carbons (Fsp3) is 0.667. The maximum Gasteiger partial charge on any atom is 0.417 e. The van der Waals surface area contributed by atoms with Crippen LogP contribution in [-0.4, -0.2) is 65.1 Å². The topological polar surface area (TPSA) is 68.8 Å². The molecule has 0 aromatic carbocycles. The maximum atomic E-state index is 13.1. The Morgan fingerprint density at radius 3 is 2.19 bits per heavy atom. The van der Waals surface area contributed by atoms with Crippen molar-refractivity contribution in [2.75, 3.05) is 37.7 Å². The highest BCUT2D eigenvalue weighted by atomic mass is 19.4. The first-order valence-corrected chi connectivity index (χ1v) is 10.9. The number of pyridine rings is 1. The number of imide groups is 1. The number of rotatable bonds is 3. The van der Waals surface area contributed by atoms with E-state index >= 15 is 0 Å². The fourth-order valence-electron chi connectivity index (χ4n) is 4.71. The van der Waals surface area contributed by atoms with Crippen LogP contribution < -0.4 is 10.2 Å². The molecule has 1 aromatic rings. The van der Waals surface area contributed by atoms with Crippen LogP contribution >= 0.6 is 0 Å². The van der Waals surface area contributed by atoms with Crippen molar-refractivity contribution in [2.24, 2.45) is 0 Å². The van der Waals surface area contributed by atoms with Crippen LogP contribution in [0.1, 0.15) is 50.5 Å². The number of nitrogens with one attached hydrogen (secondary N) is 1. The summed E-state index contributed by atoms with van der Waals surface area (Å²) in [6, 6.07) is 2.10. The summed E-state index contributed by atoms with van der Waals surface area (Å²) in [5.41, 5.74) is -1.51. The second kappa shape index (κ2) is 8.64. The molecule has 0 atom stereocenters. The number of nitrogens with zero attached hydrogens (tertiary/aromatic N) is 4. The largest absolute Gasteiger partial charge is 0.417 e. The molecule has 2 saturated heterocycles. The lowest BCUT2D eigenvalue weighted by Gasteiger charge is -2.36. The molecule has 1 aliphatic carbocycles. The van der Waals surface area contributed by atoms with Crippen molar-refractivity contribution < 1.29 is 22.8 Å². The van der Waals surface area contributed by atoms with Crippen molar-refractivity contribution in [2.45, 2.75) is 56.7 Å². The zero-order chi connectivity index (χ0) is 22.1. The van der Waals surface area contributed by atoms with E-state index in [4.69, 9.17) is 0 Å². The molecular formula is C21H28F3N5O2. The molecule has 1 spiro atoms. The van der Waals surface area contributed by atoms with Crippen LogP contribution in [0.2, 0.25) is 0 Å². The number of anilines is 1. The highest BCUT2D eigenvalue weighted by Gasteiger charge is 2.50. The van der Waals surface area contributed by atoms with Gasteiger partial charge in [-0.25, -0.2) is 14.7 Å². The molecule has 7 nitrogen and oxygen atoms in total. The first-order valence-electron chi connectivity index (χ1n) is 10.9. The van der Waals surface area contributed by atoms with Crippen molar-refractivity contribution in [3.63, 3.8) is 0 Å². The normalized spacial score (nSPS) is 23.1. The predicted octanol–water partition coefficient (Wildman–Crippen LogP) is 3.21. The van der Waals surface area contributed by atoms with Crippen LogP contribution in [0.15, 0.2) is 18.3 Å². The van der Waals surface area contributed by atoms with Gasteiger partial charge in [-0.15, -0.1) is 0 Å². The third kappa shape index (κ3) is 4.63. The van der Waals surface area contributed by atoms with Gasteiger partial charge in [-0.1, -0.05) is 32.1 Å². The number of carbonyl (C=O) groups is 2. The average molecular weight is 439 g/mol. The molecule has 3 aliphatic rings.